The Morgan fingerprint density at radius 2 is 1.90 bits per heavy atom. The summed E-state index contributed by atoms with van der Waals surface area (Å²) in [5.41, 5.74) is 0.997. The number of rotatable bonds is 2. The van der Waals surface area contributed by atoms with E-state index in [-0.39, 0.29) is 28.6 Å². The quantitative estimate of drug-likeness (QED) is 0.874. The first-order valence-electron chi connectivity index (χ1n) is 7.41. The number of carbonyl (C=O) groups is 1. The number of nitrogens with one attached hydrogen (secondary N) is 1. The van der Waals surface area contributed by atoms with Gasteiger partial charge >= 0.3 is 0 Å². The molecule has 2 aliphatic rings. The third-order valence-corrected chi connectivity index (χ3v) is 6.21. The van der Waals surface area contributed by atoms with Crippen molar-refractivity contribution in [2.45, 2.75) is 46.1 Å². The molecule has 1 amide bonds. The lowest BCUT2D eigenvalue weighted by Gasteiger charge is -2.39. The zero-order valence-electron chi connectivity index (χ0n) is 12.4. The summed E-state index contributed by atoms with van der Waals surface area (Å²) in [5, 5.41) is 3.18. The minimum absolute atomic E-state index is 0.0837. The predicted octanol–water partition coefficient (Wildman–Crippen LogP) is 3.77. The summed E-state index contributed by atoms with van der Waals surface area (Å²) in [6.07, 6.45) is 3.52. The van der Waals surface area contributed by atoms with Gasteiger partial charge in [-0.25, -0.2) is 4.39 Å². The molecule has 2 aliphatic carbocycles. The van der Waals surface area contributed by atoms with E-state index in [0.29, 0.717) is 11.5 Å². The van der Waals surface area contributed by atoms with Crippen LogP contribution in [0.15, 0.2) is 24.3 Å². The van der Waals surface area contributed by atoms with E-state index < -0.39 is 0 Å². The molecule has 3 atom stereocenters. The fraction of sp³-hybridized carbons (Fsp3) is 0.588. The molecular formula is C17H22FNO. The predicted molar refractivity (Wildman–Crippen MR) is 76.9 cm³/mol. The van der Waals surface area contributed by atoms with Crippen molar-refractivity contribution in [1.82, 2.24) is 5.32 Å². The maximum Gasteiger partial charge on any atom is 0.251 e. The van der Waals surface area contributed by atoms with Crippen LogP contribution in [-0.4, -0.2) is 11.9 Å². The van der Waals surface area contributed by atoms with Gasteiger partial charge in [0.1, 0.15) is 5.82 Å². The highest BCUT2D eigenvalue weighted by Crippen LogP contribution is 2.65. The average Bonchev–Trinajstić information content (AvgIpc) is 2.72. The molecular weight excluding hydrogens is 253 g/mol. The molecule has 20 heavy (non-hydrogen) atoms. The van der Waals surface area contributed by atoms with Crippen molar-refractivity contribution in [3.05, 3.63) is 35.6 Å². The second-order valence-electron chi connectivity index (χ2n) is 7.14. The van der Waals surface area contributed by atoms with Gasteiger partial charge in [0.2, 0.25) is 0 Å². The molecule has 2 bridgehead atoms. The van der Waals surface area contributed by atoms with Gasteiger partial charge in [0.15, 0.2) is 0 Å². The fourth-order valence-corrected chi connectivity index (χ4v) is 4.26. The van der Waals surface area contributed by atoms with E-state index >= 15 is 0 Å². The van der Waals surface area contributed by atoms with E-state index in [0.717, 1.165) is 6.42 Å². The maximum absolute atomic E-state index is 12.9. The summed E-state index contributed by atoms with van der Waals surface area (Å²) in [6.45, 7) is 6.96. The SMILES string of the molecule is CC1(C)[C@H]2CC[C@@]1(C)[C@@H](NC(=O)c1ccc(F)cc1)C2. The van der Waals surface area contributed by atoms with Gasteiger partial charge in [-0.3, -0.25) is 4.79 Å². The minimum atomic E-state index is -0.311. The maximum atomic E-state index is 12.9. The molecule has 3 rings (SSSR count). The van der Waals surface area contributed by atoms with Gasteiger partial charge in [-0.2, -0.15) is 0 Å². The lowest BCUT2D eigenvalue weighted by Crippen LogP contribution is -2.46. The molecule has 3 heteroatoms. The smallest absolute Gasteiger partial charge is 0.251 e. The lowest BCUT2D eigenvalue weighted by atomic mass is 9.69. The average molecular weight is 275 g/mol. The van der Waals surface area contributed by atoms with Crippen LogP contribution >= 0.6 is 0 Å². The molecule has 2 fully saturated rings. The Labute approximate surface area is 119 Å². The molecule has 1 aromatic carbocycles. The minimum Gasteiger partial charge on any atom is -0.349 e. The molecule has 0 unspecified atom stereocenters. The van der Waals surface area contributed by atoms with Crippen molar-refractivity contribution in [1.29, 1.82) is 0 Å². The van der Waals surface area contributed by atoms with Gasteiger partial charge in [0.05, 0.1) is 0 Å². The van der Waals surface area contributed by atoms with Crippen molar-refractivity contribution in [2.24, 2.45) is 16.7 Å². The van der Waals surface area contributed by atoms with Crippen LogP contribution in [0.5, 0.6) is 0 Å². The Morgan fingerprint density at radius 3 is 2.40 bits per heavy atom. The molecule has 0 saturated heterocycles. The Kier molecular flexibility index (Phi) is 2.93. The van der Waals surface area contributed by atoms with E-state index in [1.54, 1.807) is 12.1 Å². The molecule has 0 aliphatic heterocycles. The zero-order valence-corrected chi connectivity index (χ0v) is 12.4. The Morgan fingerprint density at radius 1 is 1.25 bits per heavy atom. The van der Waals surface area contributed by atoms with E-state index in [9.17, 15) is 9.18 Å². The van der Waals surface area contributed by atoms with Crippen molar-refractivity contribution < 1.29 is 9.18 Å². The molecule has 2 nitrogen and oxygen atoms in total. The summed E-state index contributed by atoms with van der Waals surface area (Å²) in [4.78, 5) is 12.3. The van der Waals surface area contributed by atoms with Gasteiger partial charge in [0.25, 0.3) is 5.91 Å². The molecule has 0 radical (unpaired) electrons. The fourth-order valence-electron chi connectivity index (χ4n) is 4.26. The second kappa shape index (κ2) is 4.31. The van der Waals surface area contributed by atoms with Crippen LogP contribution in [-0.2, 0) is 0 Å². The Bertz CT molecular complexity index is 536. The first-order valence-corrected chi connectivity index (χ1v) is 7.41. The van der Waals surface area contributed by atoms with Crippen LogP contribution in [0, 0.1) is 22.6 Å². The Hall–Kier alpha value is -1.38. The number of fused-ring (bicyclic) bond motifs is 2. The van der Waals surface area contributed by atoms with E-state index in [2.05, 4.69) is 26.1 Å². The van der Waals surface area contributed by atoms with Crippen LogP contribution in [0.4, 0.5) is 4.39 Å². The standard InChI is InChI=1S/C17H22FNO/c1-16(2)12-8-9-17(16,3)14(10-12)19-15(20)11-4-6-13(18)7-5-11/h4-7,12,14H,8-10H2,1-3H3,(H,19,20)/t12-,14-,17-/m0/s1. The number of halogens is 1. The number of hydrogen-bond acceptors (Lipinski definition) is 1. The normalized spacial score (nSPS) is 34.2. The van der Waals surface area contributed by atoms with Crippen LogP contribution in [0.2, 0.25) is 0 Å². The lowest BCUT2D eigenvalue weighted by molar-refractivity contribution is 0.0826. The van der Waals surface area contributed by atoms with Gasteiger partial charge in [-0.15, -0.1) is 0 Å². The highest BCUT2D eigenvalue weighted by atomic mass is 19.1. The van der Waals surface area contributed by atoms with Gasteiger partial charge < -0.3 is 5.32 Å². The van der Waals surface area contributed by atoms with Crippen molar-refractivity contribution >= 4 is 5.91 Å². The van der Waals surface area contributed by atoms with Gasteiger partial charge in [-0.1, -0.05) is 20.8 Å². The summed E-state index contributed by atoms with van der Waals surface area (Å²) >= 11 is 0. The second-order valence-corrected chi connectivity index (χ2v) is 7.14. The number of benzene rings is 1. The van der Waals surface area contributed by atoms with Gasteiger partial charge in [-0.05, 0) is 60.3 Å². The van der Waals surface area contributed by atoms with Crippen LogP contribution in [0.3, 0.4) is 0 Å². The molecule has 0 aromatic heterocycles. The topological polar surface area (TPSA) is 29.1 Å². The molecule has 108 valence electrons. The van der Waals surface area contributed by atoms with Gasteiger partial charge in [0, 0.05) is 11.6 Å². The van der Waals surface area contributed by atoms with Crippen molar-refractivity contribution in [3.8, 4) is 0 Å². The van der Waals surface area contributed by atoms with Crippen LogP contribution < -0.4 is 5.32 Å². The Balaban J connectivity index is 1.76. The van der Waals surface area contributed by atoms with E-state index in [1.165, 1.54) is 25.0 Å². The van der Waals surface area contributed by atoms with E-state index in [1.807, 2.05) is 0 Å². The molecule has 0 heterocycles. The summed E-state index contributed by atoms with van der Waals surface area (Å²) in [7, 11) is 0. The largest absolute Gasteiger partial charge is 0.349 e. The number of carbonyl (C=O) groups excluding carboxylic acids is 1. The third kappa shape index (κ3) is 1.79. The van der Waals surface area contributed by atoms with Crippen molar-refractivity contribution in [3.63, 3.8) is 0 Å². The zero-order chi connectivity index (χ0) is 14.5. The third-order valence-electron chi connectivity index (χ3n) is 6.21. The van der Waals surface area contributed by atoms with Crippen LogP contribution in [0.1, 0.15) is 50.4 Å². The molecule has 1 aromatic rings. The molecule has 0 spiro atoms. The first kappa shape index (κ1) is 13.6. The van der Waals surface area contributed by atoms with Crippen LogP contribution in [0.25, 0.3) is 0 Å². The summed E-state index contributed by atoms with van der Waals surface area (Å²) < 4.78 is 12.9. The highest BCUT2D eigenvalue weighted by Gasteiger charge is 2.61. The number of amides is 1. The first-order chi connectivity index (χ1) is 9.34. The highest BCUT2D eigenvalue weighted by molar-refractivity contribution is 5.94. The van der Waals surface area contributed by atoms with Crippen molar-refractivity contribution in [2.75, 3.05) is 0 Å². The molecule has 1 N–H and O–H groups in total. The number of hydrogen-bond donors (Lipinski definition) is 1. The summed E-state index contributed by atoms with van der Waals surface area (Å²) in [6, 6.07) is 5.99. The monoisotopic (exact) mass is 275 g/mol. The summed E-state index contributed by atoms with van der Waals surface area (Å²) in [5.74, 6) is 0.306. The van der Waals surface area contributed by atoms with E-state index in [4.69, 9.17) is 0 Å². The molecule has 2 saturated carbocycles.